The molecule has 46 heavy (non-hydrogen) atoms. The van der Waals surface area contributed by atoms with E-state index >= 15 is 0 Å². The fourth-order valence-electron chi connectivity index (χ4n) is 5.72. The molecule has 0 aromatic carbocycles. The van der Waals surface area contributed by atoms with Gasteiger partial charge in [0.15, 0.2) is 0 Å². The quantitative estimate of drug-likeness (QED) is 0.0963. The summed E-state index contributed by atoms with van der Waals surface area (Å²) < 4.78 is 0. The summed E-state index contributed by atoms with van der Waals surface area (Å²) in [5.41, 5.74) is 6.55. The number of aliphatic carboxylic acids is 1. The van der Waals surface area contributed by atoms with Crippen molar-refractivity contribution in [1.82, 2.24) is 35.7 Å². The lowest BCUT2D eigenvalue weighted by molar-refractivity contribution is -0.151. The van der Waals surface area contributed by atoms with Crippen LogP contribution in [0.15, 0.2) is 12.5 Å². The van der Waals surface area contributed by atoms with Crippen LogP contribution in [0.1, 0.15) is 58.6 Å². The molecule has 5 amide bonds. The van der Waals surface area contributed by atoms with E-state index in [0.29, 0.717) is 25.0 Å². The number of rotatable bonds is 15. The first-order chi connectivity index (χ1) is 21.8. The Morgan fingerprint density at radius 2 is 1.59 bits per heavy atom. The Balaban J connectivity index is 1.70. The Bertz CT molecular complexity index is 1240. The number of aliphatic hydroxyl groups is 2. The number of nitrogens with zero attached hydrogens (tertiary/aromatic N) is 3. The van der Waals surface area contributed by atoms with Gasteiger partial charge in [-0.3, -0.25) is 24.0 Å². The summed E-state index contributed by atoms with van der Waals surface area (Å²) in [6, 6.07) is -7.08. The number of hydrogen-bond acceptors (Lipinski definition) is 10. The zero-order valence-corrected chi connectivity index (χ0v) is 26.3. The largest absolute Gasteiger partial charge is 0.480 e. The number of aromatic nitrogens is 2. The van der Waals surface area contributed by atoms with Crippen molar-refractivity contribution in [3.8, 4) is 0 Å². The van der Waals surface area contributed by atoms with E-state index in [1.807, 2.05) is 6.92 Å². The first-order valence-electron chi connectivity index (χ1n) is 15.6. The number of likely N-dealkylation sites (tertiary alicyclic amines) is 2. The minimum absolute atomic E-state index is 0.109. The van der Waals surface area contributed by atoms with Crippen LogP contribution in [0.4, 0.5) is 0 Å². The van der Waals surface area contributed by atoms with Gasteiger partial charge in [0.05, 0.1) is 25.1 Å². The third-order valence-corrected chi connectivity index (χ3v) is 8.63. The first kappa shape index (κ1) is 36.4. The molecule has 1 aromatic heterocycles. The number of carboxylic acids is 1. The highest BCUT2D eigenvalue weighted by Gasteiger charge is 2.43. The normalized spacial score (nSPS) is 21.9. The fourth-order valence-corrected chi connectivity index (χ4v) is 5.72. The van der Waals surface area contributed by atoms with Gasteiger partial charge in [0.1, 0.15) is 30.2 Å². The topological polar surface area (TPSA) is 260 Å². The minimum atomic E-state index is -1.43. The molecule has 0 unspecified atom stereocenters. The molecule has 0 spiro atoms. The number of carboxylic acid groups (broad SMARTS) is 1. The smallest absolute Gasteiger partial charge is 0.326 e. The van der Waals surface area contributed by atoms with Gasteiger partial charge in [0.25, 0.3) is 0 Å². The van der Waals surface area contributed by atoms with Crippen molar-refractivity contribution in [3.05, 3.63) is 18.2 Å². The average Bonchev–Trinajstić information content (AvgIpc) is 3.82. The molecule has 17 nitrogen and oxygen atoms in total. The minimum Gasteiger partial charge on any atom is -0.480 e. The van der Waals surface area contributed by atoms with E-state index in [2.05, 4.69) is 25.9 Å². The van der Waals surface area contributed by atoms with Crippen molar-refractivity contribution in [2.24, 2.45) is 11.7 Å². The van der Waals surface area contributed by atoms with E-state index in [4.69, 9.17) is 5.73 Å². The number of amides is 5. The van der Waals surface area contributed by atoms with E-state index < -0.39 is 90.4 Å². The van der Waals surface area contributed by atoms with Crippen LogP contribution >= 0.6 is 0 Å². The Labute approximate surface area is 266 Å². The van der Waals surface area contributed by atoms with Gasteiger partial charge in [-0.1, -0.05) is 20.3 Å². The monoisotopic (exact) mass is 650 g/mol. The molecule has 0 radical (unpaired) electrons. The Kier molecular flexibility index (Phi) is 13.0. The molecule has 2 saturated heterocycles. The summed E-state index contributed by atoms with van der Waals surface area (Å²) in [7, 11) is 0. The van der Waals surface area contributed by atoms with Crippen molar-refractivity contribution >= 4 is 35.5 Å². The third-order valence-electron chi connectivity index (χ3n) is 8.63. The van der Waals surface area contributed by atoms with E-state index in [0.717, 1.165) is 4.90 Å². The van der Waals surface area contributed by atoms with Crippen LogP contribution in [0.2, 0.25) is 0 Å². The van der Waals surface area contributed by atoms with Crippen LogP contribution < -0.4 is 21.7 Å². The second-order valence-corrected chi connectivity index (χ2v) is 11.9. The number of carbonyl (C=O) groups excluding carboxylic acids is 5. The number of hydrogen-bond donors (Lipinski definition) is 8. The van der Waals surface area contributed by atoms with Gasteiger partial charge in [0.2, 0.25) is 29.5 Å². The number of imidazole rings is 1. The lowest BCUT2D eigenvalue weighted by Gasteiger charge is -2.33. The Morgan fingerprint density at radius 3 is 2.13 bits per heavy atom. The van der Waals surface area contributed by atoms with Gasteiger partial charge in [0, 0.05) is 31.4 Å². The second-order valence-electron chi connectivity index (χ2n) is 11.9. The molecule has 3 rings (SSSR count). The molecular weight excluding hydrogens is 604 g/mol. The number of H-pyrrole nitrogens is 1. The van der Waals surface area contributed by atoms with Gasteiger partial charge in [-0.2, -0.15) is 0 Å². The maximum atomic E-state index is 13.9. The zero-order valence-electron chi connectivity index (χ0n) is 26.3. The van der Waals surface area contributed by atoms with Crippen LogP contribution in [0.25, 0.3) is 0 Å². The second kappa shape index (κ2) is 16.5. The van der Waals surface area contributed by atoms with E-state index in [1.165, 1.54) is 24.3 Å². The van der Waals surface area contributed by atoms with Crippen molar-refractivity contribution in [2.75, 3.05) is 19.7 Å². The van der Waals surface area contributed by atoms with Gasteiger partial charge in [-0.25, -0.2) is 9.78 Å². The summed E-state index contributed by atoms with van der Waals surface area (Å²) in [4.78, 5) is 87.1. The Morgan fingerprint density at radius 1 is 0.978 bits per heavy atom. The summed E-state index contributed by atoms with van der Waals surface area (Å²) in [6.07, 6.45) is 3.59. The predicted molar refractivity (Wildman–Crippen MR) is 161 cm³/mol. The highest BCUT2D eigenvalue weighted by Crippen LogP contribution is 2.23. The van der Waals surface area contributed by atoms with Crippen molar-refractivity contribution in [2.45, 2.75) is 102 Å². The lowest BCUT2D eigenvalue weighted by atomic mass is 9.96. The van der Waals surface area contributed by atoms with Crippen molar-refractivity contribution in [3.63, 3.8) is 0 Å². The van der Waals surface area contributed by atoms with Gasteiger partial charge in [-0.05, 0) is 38.5 Å². The maximum absolute atomic E-state index is 13.9. The van der Waals surface area contributed by atoms with Gasteiger partial charge >= 0.3 is 5.97 Å². The van der Waals surface area contributed by atoms with Gasteiger partial charge in [-0.15, -0.1) is 0 Å². The Hall–Kier alpha value is -4.09. The zero-order chi connectivity index (χ0) is 34.1. The fraction of sp³-hybridized carbons (Fsp3) is 0.690. The number of nitrogens with two attached hydrogens (primary N) is 1. The van der Waals surface area contributed by atoms with Crippen LogP contribution in [-0.2, 0) is 35.2 Å². The SMILES string of the molecule is CC[C@H](C)[C@H](NC(=O)[C@H](CO)NC(=O)[C@@H](N)Cc1cnc[nH]1)C(=O)N1CCC[C@H]1C(=O)N[C@H](C(=O)N1CCC[C@H]1C(=O)O)[C@@H](C)O. The maximum Gasteiger partial charge on any atom is 0.326 e. The lowest BCUT2D eigenvalue weighted by Crippen LogP contribution is -2.61. The molecule has 2 fully saturated rings. The third kappa shape index (κ3) is 8.79. The van der Waals surface area contributed by atoms with Crippen molar-refractivity contribution < 1.29 is 44.1 Å². The molecule has 256 valence electrons. The predicted octanol–water partition coefficient (Wildman–Crippen LogP) is -2.78. The molecule has 3 heterocycles. The van der Waals surface area contributed by atoms with E-state index in [-0.39, 0.29) is 32.4 Å². The van der Waals surface area contributed by atoms with E-state index in [1.54, 1.807) is 6.92 Å². The van der Waals surface area contributed by atoms with Crippen LogP contribution in [-0.4, -0.2) is 133 Å². The number of nitrogens with one attached hydrogen (secondary N) is 4. The standard InChI is InChI=1S/C29H46N8O9/c1-4-15(2)22(34-25(41)19(13-38)33-24(40)18(30)11-17-12-31-14-32-17)27(43)36-9-5-7-20(36)26(42)35-23(16(3)39)28(44)37-10-6-8-21(37)29(45)46/h12,14-16,18-23,38-39H,4-11,13,30H2,1-3H3,(H,31,32)(H,33,40)(H,34,41)(H,35,42)(H,45,46)/t15-,16+,18-,19-,20-,21-,22-,23-/m0/s1. The molecule has 9 N–H and O–H groups in total. The molecule has 0 aliphatic carbocycles. The number of aromatic amines is 1. The summed E-state index contributed by atoms with van der Waals surface area (Å²) in [5.74, 6) is -5.09. The van der Waals surface area contributed by atoms with Crippen molar-refractivity contribution in [1.29, 1.82) is 0 Å². The summed E-state index contributed by atoms with van der Waals surface area (Å²) in [6.45, 7) is 4.44. The molecule has 17 heteroatoms. The molecular formula is C29H46N8O9. The molecule has 2 aliphatic heterocycles. The van der Waals surface area contributed by atoms with Crippen LogP contribution in [0, 0.1) is 5.92 Å². The van der Waals surface area contributed by atoms with E-state index in [9.17, 15) is 44.1 Å². The van der Waals surface area contributed by atoms with Crippen LogP contribution in [0.5, 0.6) is 0 Å². The highest BCUT2D eigenvalue weighted by molar-refractivity contribution is 5.97. The van der Waals surface area contributed by atoms with Gasteiger partial charge < -0.3 is 51.8 Å². The molecule has 8 atom stereocenters. The summed E-state index contributed by atoms with van der Waals surface area (Å²) >= 11 is 0. The average molecular weight is 651 g/mol. The molecule has 0 saturated carbocycles. The number of aliphatic hydroxyl groups excluding tert-OH is 2. The molecule has 0 bridgehead atoms. The highest BCUT2D eigenvalue weighted by atomic mass is 16.4. The van der Waals surface area contributed by atoms with Crippen LogP contribution in [0.3, 0.4) is 0 Å². The summed E-state index contributed by atoms with van der Waals surface area (Å²) in [5, 5.41) is 37.3. The molecule has 2 aliphatic rings. The first-order valence-corrected chi connectivity index (χ1v) is 15.6. The molecule has 1 aromatic rings. The number of carbonyl (C=O) groups is 6.